The summed E-state index contributed by atoms with van der Waals surface area (Å²) in [6.07, 6.45) is -14.9. The van der Waals surface area contributed by atoms with E-state index in [4.69, 9.17) is 23.7 Å². The molecule has 0 spiro atoms. The van der Waals surface area contributed by atoms with Gasteiger partial charge in [0, 0.05) is 11.8 Å². The van der Waals surface area contributed by atoms with Crippen molar-refractivity contribution in [2.24, 2.45) is 5.41 Å². The van der Waals surface area contributed by atoms with Crippen molar-refractivity contribution in [3.05, 3.63) is 0 Å². The van der Waals surface area contributed by atoms with E-state index in [2.05, 4.69) is 0 Å². The van der Waals surface area contributed by atoms with Gasteiger partial charge in [0.1, 0.15) is 36.6 Å². The van der Waals surface area contributed by atoms with Crippen molar-refractivity contribution in [2.45, 2.75) is 93.4 Å². The second-order valence-corrected chi connectivity index (χ2v) is 9.81. The minimum Gasteiger partial charge on any atom is -0.412 e. The summed E-state index contributed by atoms with van der Waals surface area (Å²) < 4.78 is 27.9. The van der Waals surface area contributed by atoms with Gasteiger partial charge in [0.05, 0.1) is 57.5 Å². The second-order valence-electron chi connectivity index (χ2n) is 9.81. The highest BCUT2D eigenvalue weighted by Crippen LogP contribution is 2.38. The van der Waals surface area contributed by atoms with Gasteiger partial charge in [0.15, 0.2) is 12.1 Å². The van der Waals surface area contributed by atoms with Crippen LogP contribution < -0.4 is 0 Å². The van der Waals surface area contributed by atoms with Crippen LogP contribution in [-0.4, -0.2) is 158 Å². The molecule has 3 rings (SSSR count). The lowest BCUT2D eigenvalue weighted by Crippen LogP contribution is -2.66. The summed E-state index contributed by atoms with van der Waals surface area (Å²) in [4.78, 5) is 0. The summed E-state index contributed by atoms with van der Waals surface area (Å²) in [5.74, 6) is -1.91. The molecule has 13 unspecified atom stereocenters. The highest BCUT2D eigenvalue weighted by molar-refractivity contribution is 4.98. The molecule has 3 aliphatic rings. The molecule has 13 atom stereocenters. The first-order valence-electron chi connectivity index (χ1n) is 11.6. The third kappa shape index (κ3) is 6.01. The van der Waals surface area contributed by atoms with Gasteiger partial charge in [-0.15, -0.1) is 0 Å². The first-order chi connectivity index (χ1) is 16.4. The fourth-order valence-electron chi connectivity index (χ4n) is 4.84. The number of rotatable bonds is 8. The van der Waals surface area contributed by atoms with Crippen LogP contribution >= 0.6 is 0 Å². The molecule has 15 heteroatoms. The van der Waals surface area contributed by atoms with Crippen LogP contribution in [0.5, 0.6) is 0 Å². The summed E-state index contributed by atoms with van der Waals surface area (Å²) in [7, 11) is 0. The minimum absolute atomic E-state index is 0. The summed E-state index contributed by atoms with van der Waals surface area (Å²) in [6, 6.07) is 0. The van der Waals surface area contributed by atoms with Crippen molar-refractivity contribution in [3.8, 4) is 0 Å². The molecule has 3 saturated heterocycles. The largest absolute Gasteiger partial charge is 0.412 e. The van der Waals surface area contributed by atoms with E-state index >= 15 is 0 Å². The Morgan fingerprint density at radius 3 is 2.11 bits per heavy atom. The standard InChI is InChI=1S/C21H38O14.H2O/c1-20(13(6-24)31-7-11(26)17(20)29)8-32-19-15(28)14(27)16(12(5-23)33-19)35-21(2)18(30)10(25)3-9(4-22)34-21;/h9-19,22-30H,3-8H2,1-2H3;1H2. The molecule has 3 fully saturated rings. The summed E-state index contributed by atoms with van der Waals surface area (Å²) in [5, 5.41) is 91.3. The molecular formula is C21H40O15. The van der Waals surface area contributed by atoms with E-state index < -0.39 is 98.4 Å². The zero-order chi connectivity index (χ0) is 26.1. The molecule has 0 aromatic rings. The first kappa shape index (κ1) is 31.6. The van der Waals surface area contributed by atoms with Crippen molar-refractivity contribution < 1.29 is 75.1 Å². The number of aliphatic hydroxyl groups is 9. The van der Waals surface area contributed by atoms with Crippen LogP contribution in [0.3, 0.4) is 0 Å². The van der Waals surface area contributed by atoms with Crippen molar-refractivity contribution in [3.63, 3.8) is 0 Å². The zero-order valence-corrected chi connectivity index (χ0v) is 20.2. The second kappa shape index (κ2) is 12.5. The Morgan fingerprint density at radius 1 is 0.861 bits per heavy atom. The minimum atomic E-state index is -1.91. The van der Waals surface area contributed by atoms with Crippen LogP contribution in [0.25, 0.3) is 0 Å². The molecule has 0 aliphatic carbocycles. The number of aliphatic hydroxyl groups excluding tert-OH is 9. The molecule has 0 aromatic carbocycles. The van der Waals surface area contributed by atoms with Gasteiger partial charge in [0.2, 0.25) is 0 Å². The topological polar surface area (TPSA) is 260 Å². The normalized spacial score (nSPS) is 49.9. The van der Waals surface area contributed by atoms with Crippen LogP contribution in [0.2, 0.25) is 0 Å². The Balaban J connectivity index is 0.00000456. The van der Waals surface area contributed by atoms with Gasteiger partial charge in [-0.3, -0.25) is 0 Å². The summed E-state index contributed by atoms with van der Waals surface area (Å²) >= 11 is 0. The van der Waals surface area contributed by atoms with E-state index in [9.17, 15) is 46.0 Å². The molecule has 11 N–H and O–H groups in total. The van der Waals surface area contributed by atoms with E-state index in [1.807, 2.05) is 0 Å². The molecule has 3 heterocycles. The van der Waals surface area contributed by atoms with E-state index in [-0.39, 0.29) is 25.1 Å². The van der Waals surface area contributed by atoms with Gasteiger partial charge in [-0.1, -0.05) is 6.92 Å². The molecule has 0 amide bonds. The number of ether oxygens (including phenoxy) is 5. The van der Waals surface area contributed by atoms with Gasteiger partial charge < -0.3 is 75.1 Å². The van der Waals surface area contributed by atoms with E-state index in [1.165, 1.54) is 13.8 Å². The maximum atomic E-state index is 10.8. The van der Waals surface area contributed by atoms with E-state index in [1.54, 1.807) is 0 Å². The summed E-state index contributed by atoms with van der Waals surface area (Å²) in [6.45, 7) is 0.598. The fourth-order valence-corrected chi connectivity index (χ4v) is 4.84. The molecule has 214 valence electrons. The lowest BCUT2D eigenvalue weighted by molar-refractivity contribution is -0.389. The van der Waals surface area contributed by atoms with E-state index in [0.29, 0.717) is 0 Å². The molecule has 0 radical (unpaired) electrons. The molecule has 0 bridgehead atoms. The predicted octanol–water partition coefficient (Wildman–Crippen LogP) is -5.66. The SMILES string of the molecule is CC1(OC2C(CO)OC(OCC3(C)C(CO)OCC(O)C3O)C(O)C2O)OC(CO)CC(O)C1O.O. The first-order valence-corrected chi connectivity index (χ1v) is 11.6. The molecule has 36 heavy (non-hydrogen) atoms. The van der Waals surface area contributed by atoms with Gasteiger partial charge in [-0.25, -0.2) is 0 Å². The van der Waals surface area contributed by atoms with Gasteiger partial charge in [-0.2, -0.15) is 0 Å². The van der Waals surface area contributed by atoms with Crippen LogP contribution in [0, 0.1) is 5.41 Å². The Bertz CT molecular complexity index is 680. The van der Waals surface area contributed by atoms with Crippen molar-refractivity contribution in [2.75, 3.05) is 33.0 Å². The molecule has 3 aliphatic heterocycles. The highest BCUT2D eigenvalue weighted by atomic mass is 16.8. The highest BCUT2D eigenvalue weighted by Gasteiger charge is 2.55. The molecule has 0 aromatic heterocycles. The number of hydrogen-bond donors (Lipinski definition) is 9. The van der Waals surface area contributed by atoms with Crippen LogP contribution in [0.4, 0.5) is 0 Å². The van der Waals surface area contributed by atoms with Crippen molar-refractivity contribution >= 4 is 0 Å². The van der Waals surface area contributed by atoms with Crippen molar-refractivity contribution in [1.29, 1.82) is 0 Å². The monoisotopic (exact) mass is 532 g/mol. The summed E-state index contributed by atoms with van der Waals surface area (Å²) in [5.41, 5.74) is -1.30. The third-order valence-corrected chi connectivity index (χ3v) is 7.17. The smallest absolute Gasteiger partial charge is 0.195 e. The lowest BCUT2D eigenvalue weighted by Gasteiger charge is -2.50. The Hall–Kier alpha value is -0.600. The third-order valence-electron chi connectivity index (χ3n) is 7.17. The molecule has 0 saturated carbocycles. The number of hydrogen-bond acceptors (Lipinski definition) is 14. The quantitative estimate of drug-likeness (QED) is 0.141. The fraction of sp³-hybridized carbons (Fsp3) is 1.00. The Morgan fingerprint density at radius 2 is 1.53 bits per heavy atom. The maximum Gasteiger partial charge on any atom is 0.195 e. The van der Waals surface area contributed by atoms with Crippen LogP contribution in [-0.2, 0) is 23.7 Å². The van der Waals surface area contributed by atoms with Gasteiger partial charge in [-0.05, 0) is 6.92 Å². The maximum absolute atomic E-state index is 10.8. The average Bonchev–Trinajstić information content (AvgIpc) is 2.83. The van der Waals surface area contributed by atoms with Gasteiger partial charge >= 0.3 is 0 Å². The van der Waals surface area contributed by atoms with E-state index in [0.717, 1.165) is 0 Å². The average molecular weight is 533 g/mol. The lowest BCUT2D eigenvalue weighted by atomic mass is 9.75. The molecule has 15 nitrogen and oxygen atoms in total. The zero-order valence-electron chi connectivity index (χ0n) is 20.2. The Labute approximate surface area is 207 Å². The molecular weight excluding hydrogens is 492 g/mol. The Kier molecular flexibility index (Phi) is 11.0. The van der Waals surface area contributed by atoms with Crippen LogP contribution in [0.15, 0.2) is 0 Å². The van der Waals surface area contributed by atoms with Crippen molar-refractivity contribution in [1.82, 2.24) is 0 Å². The van der Waals surface area contributed by atoms with Crippen LogP contribution in [0.1, 0.15) is 20.3 Å². The predicted molar refractivity (Wildman–Crippen MR) is 116 cm³/mol. The van der Waals surface area contributed by atoms with Gasteiger partial charge in [0.25, 0.3) is 0 Å².